The maximum atomic E-state index is 8.08. The van der Waals surface area contributed by atoms with Gasteiger partial charge < -0.3 is 15.4 Å². The summed E-state index contributed by atoms with van der Waals surface area (Å²) >= 11 is 0. The molecule has 0 amide bonds. The highest BCUT2D eigenvalue weighted by molar-refractivity contribution is 6.00. The number of aliphatic imine (C=N–C) groups is 1. The fourth-order valence-corrected chi connectivity index (χ4v) is 2.30. The topological polar surface area (TPSA) is 74.7 Å². The monoisotopic (exact) mass is 224 g/mol. The molecule has 16 heavy (non-hydrogen) atoms. The van der Waals surface area contributed by atoms with Gasteiger partial charge in [0.05, 0.1) is 19.3 Å². The largest absolute Gasteiger partial charge is 0.379 e. The second-order valence-corrected chi connectivity index (χ2v) is 4.27. The van der Waals surface area contributed by atoms with Crippen LogP contribution in [0.1, 0.15) is 25.7 Å². The molecule has 2 aliphatic rings. The van der Waals surface area contributed by atoms with Crippen LogP contribution >= 0.6 is 0 Å². The molecule has 0 aromatic carbocycles. The fraction of sp³-hybridized carbons (Fsp3) is 0.818. The Morgan fingerprint density at radius 2 is 2.38 bits per heavy atom. The predicted octanol–water partition coefficient (Wildman–Crippen LogP) is 0.596. The molecule has 0 radical (unpaired) electrons. The van der Waals surface area contributed by atoms with Crippen LogP contribution in [0.25, 0.3) is 0 Å². The third kappa shape index (κ3) is 2.41. The normalized spacial score (nSPS) is 26.8. The van der Waals surface area contributed by atoms with Crippen LogP contribution in [0.3, 0.4) is 0 Å². The van der Waals surface area contributed by atoms with Gasteiger partial charge in [-0.1, -0.05) is 0 Å². The molecule has 0 aliphatic carbocycles. The zero-order valence-corrected chi connectivity index (χ0v) is 9.61. The molecular weight excluding hydrogens is 204 g/mol. The molecule has 1 atom stereocenters. The van der Waals surface area contributed by atoms with Crippen molar-refractivity contribution in [1.82, 2.24) is 4.90 Å². The smallest absolute Gasteiger partial charge is 0.105 e. The summed E-state index contributed by atoms with van der Waals surface area (Å²) in [6, 6.07) is 0.205. The standard InChI is InChI=1S/C11H20N4O/c12-5-3-9-8-16-7-4-10(13)15(9)11-2-1-6-14-11/h9,13H,1-8,12H2. The summed E-state index contributed by atoms with van der Waals surface area (Å²) in [5.41, 5.74) is 5.62. The first-order valence-electron chi connectivity index (χ1n) is 6.00. The minimum Gasteiger partial charge on any atom is -0.379 e. The summed E-state index contributed by atoms with van der Waals surface area (Å²) in [6.07, 6.45) is 3.64. The van der Waals surface area contributed by atoms with Gasteiger partial charge in [0, 0.05) is 19.4 Å². The third-order valence-electron chi connectivity index (χ3n) is 3.08. The van der Waals surface area contributed by atoms with Gasteiger partial charge in [-0.2, -0.15) is 0 Å². The Hall–Kier alpha value is -0.940. The highest BCUT2D eigenvalue weighted by Gasteiger charge is 2.28. The number of nitrogens with zero attached hydrogens (tertiary/aromatic N) is 2. The van der Waals surface area contributed by atoms with Gasteiger partial charge in [-0.25, -0.2) is 0 Å². The zero-order chi connectivity index (χ0) is 11.4. The Bertz CT molecular complexity index is 290. The Morgan fingerprint density at radius 3 is 3.06 bits per heavy atom. The van der Waals surface area contributed by atoms with E-state index in [-0.39, 0.29) is 6.04 Å². The number of hydrogen-bond acceptors (Lipinski definition) is 4. The van der Waals surface area contributed by atoms with Crippen LogP contribution in [0.5, 0.6) is 0 Å². The summed E-state index contributed by atoms with van der Waals surface area (Å²) < 4.78 is 5.53. The molecule has 0 aromatic heterocycles. The molecule has 5 nitrogen and oxygen atoms in total. The summed E-state index contributed by atoms with van der Waals surface area (Å²) in [7, 11) is 0. The van der Waals surface area contributed by atoms with Gasteiger partial charge >= 0.3 is 0 Å². The Morgan fingerprint density at radius 1 is 1.50 bits per heavy atom. The molecular formula is C11H20N4O. The minimum atomic E-state index is 0.205. The average molecular weight is 224 g/mol. The summed E-state index contributed by atoms with van der Waals surface area (Å²) in [4.78, 5) is 6.55. The van der Waals surface area contributed by atoms with Crippen molar-refractivity contribution in [2.75, 3.05) is 26.3 Å². The molecule has 2 rings (SSSR count). The minimum absolute atomic E-state index is 0.205. The molecule has 3 N–H and O–H groups in total. The van der Waals surface area contributed by atoms with Crippen molar-refractivity contribution in [3.05, 3.63) is 0 Å². The SMILES string of the molecule is N=C1CCOCC(CCN)N1C1=NCCC1. The van der Waals surface area contributed by atoms with Crippen LogP contribution < -0.4 is 5.73 Å². The van der Waals surface area contributed by atoms with E-state index in [4.69, 9.17) is 15.9 Å². The molecule has 1 saturated heterocycles. The van der Waals surface area contributed by atoms with Gasteiger partial charge in [0.25, 0.3) is 0 Å². The molecule has 1 fully saturated rings. The van der Waals surface area contributed by atoms with Crippen molar-refractivity contribution < 1.29 is 4.74 Å². The molecule has 2 heterocycles. The van der Waals surface area contributed by atoms with E-state index in [1.165, 1.54) is 0 Å². The Labute approximate surface area is 96.2 Å². The van der Waals surface area contributed by atoms with Gasteiger partial charge in [0.15, 0.2) is 0 Å². The van der Waals surface area contributed by atoms with Crippen LogP contribution in [-0.4, -0.2) is 48.9 Å². The van der Waals surface area contributed by atoms with E-state index in [1.54, 1.807) is 0 Å². The number of rotatable bonds is 2. The van der Waals surface area contributed by atoms with E-state index in [0.717, 1.165) is 31.6 Å². The molecule has 0 aromatic rings. The van der Waals surface area contributed by atoms with Crippen molar-refractivity contribution in [1.29, 1.82) is 5.41 Å². The highest BCUT2D eigenvalue weighted by atomic mass is 16.5. The van der Waals surface area contributed by atoms with Crippen molar-refractivity contribution in [2.24, 2.45) is 10.7 Å². The average Bonchev–Trinajstić information content (AvgIpc) is 2.72. The zero-order valence-electron chi connectivity index (χ0n) is 9.61. The summed E-state index contributed by atoms with van der Waals surface area (Å²) in [5.74, 6) is 1.70. The second kappa shape index (κ2) is 5.41. The van der Waals surface area contributed by atoms with E-state index >= 15 is 0 Å². The van der Waals surface area contributed by atoms with Crippen LogP contribution in [0.15, 0.2) is 4.99 Å². The number of amidine groups is 2. The first-order chi connectivity index (χ1) is 7.83. The van der Waals surface area contributed by atoms with E-state index in [2.05, 4.69) is 9.89 Å². The van der Waals surface area contributed by atoms with Gasteiger partial charge in [-0.3, -0.25) is 10.4 Å². The molecule has 90 valence electrons. The first kappa shape index (κ1) is 11.5. The predicted molar refractivity (Wildman–Crippen MR) is 64.0 cm³/mol. The van der Waals surface area contributed by atoms with E-state index in [9.17, 15) is 0 Å². The van der Waals surface area contributed by atoms with Crippen molar-refractivity contribution in [3.63, 3.8) is 0 Å². The van der Waals surface area contributed by atoms with E-state index in [0.29, 0.717) is 32.0 Å². The molecule has 5 heteroatoms. The summed E-state index contributed by atoms with van der Waals surface area (Å²) in [6.45, 7) is 2.84. The quantitative estimate of drug-likeness (QED) is 0.721. The van der Waals surface area contributed by atoms with Gasteiger partial charge in [-0.05, 0) is 19.4 Å². The van der Waals surface area contributed by atoms with E-state index < -0.39 is 0 Å². The van der Waals surface area contributed by atoms with Crippen molar-refractivity contribution in [3.8, 4) is 0 Å². The summed E-state index contributed by atoms with van der Waals surface area (Å²) in [5, 5.41) is 8.08. The lowest BCUT2D eigenvalue weighted by Gasteiger charge is -2.31. The lowest BCUT2D eigenvalue weighted by atomic mass is 10.1. The number of ether oxygens (including phenoxy) is 1. The highest BCUT2D eigenvalue weighted by Crippen LogP contribution is 2.18. The third-order valence-corrected chi connectivity index (χ3v) is 3.08. The molecule has 0 bridgehead atoms. The Kier molecular flexibility index (Phi) is 3.90. The fourth-order valence-electron chi connectivity index (χ4n) is 2.30. The first-order valence-corrected chi connectivity index (χ1v) is 6.00. The number of hydrogen-bond donors (Lipinski definition) is 2. The van der Waals surface area contributed by atoms with Crippen LogP contribution in [0.4, 0.5) is 0 Å². The maximum Gasteiger partial charge on any atom is 0.105 e. The molecule has 1 unspecified atom stereocenters. The second-order valence-electron chi connectivity index (χ2n) is 4.27. The van der Waals surface area contributed by atoms with Crippen molar-refractivity contribution >= 4 is 11.7 Å². The van der Waals surface area contributed by atoms with Gasteiger partial charge in [-0.15, -0.1) is 0 Å². The number of nitrogens with one attached hydrogen (secondary N) is 1. The maximum absolute atomic E-state index is 8.08. The number of nitrogens with two attached hydrogens (primary N) is 1. The van der Waals surface area contributed by atoms with Gasteiger partial charge in [0.2, 0.25) is 0 Å². The van der Waals surface area contributed by atoms with Gasteiger partial charge in [0.1, 0.15) is 11.7 Å². The molecule has 2 aliphatic heterocycles. The molecule has 0 spiro atoms. The van der Waals surface area contributed by atoms with Crippen molar-refractivity contribution in [2.45, 2.75) is 31.7 Å². The lowest BCUT2D eigenvalue weighted by Crippen LogP contribution is -2.45. The van der Waals surface area contributed by atoms with Crippen LogP contribution in [-0.2, 0) is 4.74 Å². The lowest BCUT2D eigenvalue weighted by molar-refractivity contribution is 0.117. The van der Waals surface area contributed by atoms with E-state index in [1.807, 2.05) is 0 Å². The Balaban J connectivity index is 2.14. The molecule has 0 saturated carbocycles. The van der Waals surface area contributed by atoms with Crippen LogP contribution in [0, 0.1) is 5.41 Å². The van der Waals surface area contributed by atoms with Crippen LogP contribution in [0.2, 0.25) is 0 Å².